The largest absolute Gasteiger partial charge is 0.395 e. The van der Waals surface area contributed by atoms with Gasteiger partial charge in [0.2, 0.25) is 0 Å². The van der Waals surface area contributed by atoms with Crippen LogP contribution < -0.4 is 5.73 Å². The van der Waals surface area contributed by atoms with Crippen LogP contribution >= 0.6 is 0 Å². The predicted molar refractivity (Wildman–Crippen MR) is 54.6 cm³/mol. The summed E-state index contributed by atoms with van der Waals surface area (Å²) in [5.74, 6) is 0. The number of aliphatic hydroxyl groups excluding tert-OH is 1. The smallest absolute Gasteiger partial charge is 0.0595 e. The Morgan fingerprint density at radius 2 is 2.31 bits per heavy atom. The van der Waals surface area contributed by atoms with Crippen LogP contribution in [-0.2, 0) is 0 Å². The molecule has 0 aromatic carbocycles. The van der Waals surface area contributed by atoms with Gasteiger partial charge in [0.1, 0.15) is 0 Å². The number of hydrogen-bond acceptors (Lipinski definition) is 3. The lowest BCUT2D eigenvalue weighted by Gasteiger charge is -2.36. The molecule has 3 N–H and O–H groups in total. The van der Waals surface area contributed by atoms with Crippen LogP contribution in [0.4, 0.5) is 0 Å². The van der Waals surface area contributed by atoms with Crippen molar-refractivity contribution in [3.05, 3.63) is 0 Å². The van der Waals surface area contributed by atoms with E-state index < -0.39 is 0 Å². The average Bonchev–Trinajstić information content (AvgIpc) is 2.18. The predicted octanol–water partition coefficient (Wildman–Crippen LogP) is 0.571. The molecule has 3 nitrogen and oxygen atoms in total. The summed E-state index contributed by atoms with van der Waals surface area (Å²) in [6, 6.07) is 0.637. The standard InChI is InChI=1S/C10H22N2O/c1-2-10-5-3-4-6-12(10)7-9(11)8-13/h9-10,13H,2-8,11H2,1H3. The Hall–Kier alpha value is -0.120. The summed E-state index contributed by atoms with van der Waals surface area (Å²) in [5, 5.41) is 8.87. The fourth-order valence-electron chi connectivity index (χ4n) is 2.12. The third-order valence-electron chi connectivity index (χ3n) is 2.92. The molecule has 0 aliphatic carbocycles. The molecular formula is C10H22N2O. The molecule has 0 amide bonds. The Morgan fingerprint density at radius 3 is 2.92 bits per heavy atom. The van der Waals surface area contributed by atoms with Crippen LogP contribution in [0, 0.1) is 0 Å². The van der Waals surface area contributed by atoms with E-state index in [1.54, 1.807) is 0 Å². The fraction of sp³-hybridized carbons (Fsp3) is 1.00. The van der Waals surface area contributed by atoms with Gasteiger partial charge in [0.25, 0.3) is 0 Å². The summed E-state index contributed by atoms with van der Waals surface area (Å²) >= 11 is 0. The third kappa shape index (κ3) is 3.25. The fourth-order valence-corrected chi connectivity index (χ4v) is 2.12. The van der Waals surface area contributed by atoms with Gasteiger partial charge < -0.3 is 10.8 Å². The van der Waals surface area contributed by atoms with Crippen molar-refractivity contribution < 1.29 is 5.11 Å². The number of nitrogens with two attached hydrogens (primary N) is 1. The van der Waals surface area contributed by atoms with Crippen LogP contribution in [0.15, 0.2) is 0 Å². The van der Waals surface area contributed by atoms with Gasteiger partial charge in [-0.05, 0) is 25.8 Å². The lowest BCUT2D eigenvalue weighted by Crippen LogP contribution is -2.47. The molecule has 0 bridgehead atoms. The zero-order valence-electron chi connectivity index (χ0n) is 8.58. The average molecular weight is 186 g/mol. The number of rotatable bonds is 4. The zero-order chi connectivity index (χ0) is 9.68. The van der Waals surface area contributed by atoms with Gasteiger partial charge in [-0.3, -0.25) is 4.90 Å². The van der Waals surface area contributed by atoms with Gasteiger partial charge in [0.05, 0.1) is 6.61 Å². The van der Waals surface area contributed by atoms with Crippen molar-refractivity contribution >= 4 is 0 Å². The molecule has 0 aromatic heterocycles. The topological polar surface area (TPSA) is 49.5 Å². The zero-order valence-corrected chi connectivity index (χ0v) is 8.58. The van der Waals surface area contributed by atoms with E-state index in [-0.39, 0.29) is 12.6 Å². The van der Waals surface area contributed by atoms with E-state index in [0.717, 1.165) is 13.1 Å². The van der Waals surface area contributed by atoms with Crippen molar-refractivity contribution in [2.45, 2.75) is 44.7 Å². The normalized spacial score (nSPS) is 27.5. The van der Waals surface area contributed by atoms with Crippen LogP contribution in [0.2, 0.25) is 0 Å². The molecule has 0 radical (unpaired) electrons. The first kappa shape index (κ1) is 11.0. The van der Waals surface area contributed by atoms with Crippen LogP contribution in [0.3, 0.4) is 0 Å². The van der Waals surface area contributed by atoms with Crippen molar-refractivity contribution in [3.8, 4) is 0 Å². The van der Waals surface area contributed by atoms with Crippen molar-refractivity contribution in [1.82, 2.24) is 4.90 Å². The van der Waals surface area contributed by atoms with Crippen molar-refractivity contribution in [1.29, 1.82) is 0 Å². The highest BCUT2D eigenvalue weighted by atomic mass is 16.3. The second-order valence-electron chi connectivity index (χ2n) is 4.00. The Morgan fingerprint density at radius 1 is 1.54 bits per heavy atom. The lowest BCUT2D eigenvalue weighted by molar-refractivity contribution is 0.120. The van der Waals surface area contributed by atoms with Gasteiger partial charge in [0, 0.05) is 18.6 Å². The highest BCUT2D eigenvalue weighted by Gasteiger charge is 2.21. The molecule has 78 valence electrons. The van der Waals surface area contributed by atoms with E-state index in [2.05, 4.69) is 11.8 Å². The maximum absolute atomic E-state index is 8.87. The van der Waals surface area contributed by atoms with E-state index >= 15 is 0 Å². The maximum Gasteiger partial charge on any atom is 0.0595 e. The first-order valence-corrected chi connectivity index (χ1v) is 5.38. The van der Waals surface area contributed by atoms with Crippen LogP contribution in [-0.4, -0.2) is 41.8 Å². The number of nitrogens with zero attached hydrogens (tertiary/aromatic N) is 1. The van der Waals surface area contributed by atoms with Crippen LogP contribution in [0.25, 0.3) is 0 Å². The Labute approximate surface area is 80.9 Å². The minimum atomic E-state index is -0.0628. The van der Waals surface area contributed by atoms with E-state index in [0.29, 0.717) is 6.04 Å². The summed E-state index contributed by atoms with van der Waals surface area (Å²) in [6.45, 7) is 4.35. The summed E-state index contributed by atoms with van der Waals surface area (Å²) in [4.78, 5) is 2.43. The Kier molecular flexibility index (Phi) is 4.70. The number of piperidine rings is 1. The summed E-state index contributed by atoms with van der Waals surface area (Å²) < 4.78 is 0. The van der Waals surface area contributed by atoms with Crippen molar-refractivity contribution in [2.75, 3.05) is 19.7 Å². The first-order chi connectivity index (χ1) is 6.27. The molecule has 1 heterocycles. The molecule has 3 heteroatoms. The molecule has 2 atom stereocenters. The lowest BCUT2D eigenvalue weighted by atomic mass is 9.99. The third-order valence-corrected chi connectivity index (χ3v) is 2.92. The minimum Gasteiger partial charge on any atom is -0.395 e. The maximum atomic E-state index is 8.87. The summed E-state index contributed by atoms with van der Waals surface area (Å²) in [6.07, 6.45) is 5.14. The van der Waals surface area contributed by atoms with Gasteiger partial charge in [-0.2, -0.15) is 0 Å². The van der Waals surface area contributed by atoms with Gasteiger partial charge in [0.15, 0.2) is 0 Å². The van der Waals surface area contributed by atoms with Gasteiger partial charge in [-0.1, -0.05) is 13.3 Å². The van der Waals surface area contributed by atoms with E-state index in [1.165, 1.54) is 25.7 Å². The molecule has 1 saturated heterocycles. The van der Waals surface area contributed by atoms with Crippen LogP contribution in [0.5, 0.6) is 0 Å². The van der Waals surface area contributed by atoms with Crippen LogP contribution in [0.1, 0.15) is 32.6 Å². The molecule has 2 unspecified atom stereocenters. The molecule has 0 aromatic rings. The molecule has 0 saturated carbocycles. The Bertz CT molecular complexity index is 141. The molecule has 1 aliphatic heterocycles. The van der Waals surface area contributed by atoms with E-state index in [4.69, 9.17) is 10.8 Å². The summed E-state index contributed by atoms with van der Waals surface area (Å²) in [5.41, 5.74) is 5.73. The number of aliphatic hydroxyl groups is 1. The molecule has 1 aliphatic rings. The van der Waals surface area contributed by atoms with Crippen molar-refractivity contribution in [2.24, 2.45) is 5.73 Å². The second-order valence-corrected chi connectivity index (χ2v) is 4.00. The number of hydrogen-bond donors (Lipinski definition) is 2. The second kappa shape index (κ2) is 5.58. The molecule has 13 heavy (non-hydrogen) atoms. The highest BCUT2D eigenvalue weighted by molar-refractivity contribution is 4.78. The van der Waals surface area contributed by atoms with Gasteiger partial charge >= 0.3 is 0 Å². The minimum absolute atomic E-state index is 0.0628. The molecule has 1 fully saturated rings. The molecular weight excluding hydrogens is 164 g/mol. The van der Waals surface area contributed by atoms with E-state index in [9.17, 15) is 0 Å². The number of likely N-dealkylation sites (tertiary alicyclic amines) is 1. The molecule has 0 spiro atoms. The molecule has 1 rings (SSSR count). The highest BCUT2D eigenvalue weighted by Crippen LogP contribution is 2.18. The van der Waals surface area contributed by atoms with Gasteiger partial charge in [-0.25, -0.2) is 0 Å². The van der Waals surface area contributed by atoms with Crippen molar-refractivity contribution in [3.63, 3.8) is 0 Å². The van der Waals surface area contributed by atoms with Gasteiger partial charge in [-0.15, -0.1) is 0 Å². The quantitative estimate of drug-likeness (QED) is 0.675. The first-order valence-electron chi connectivity index (χ1n) is 5.38. The van der Waals surface area contributed by atoms with E-state index in [1.807, 2.05) is 0 Å². The monoisotopic (exact) mass is 186 g/mol. The Balaban J connectivity index is 2.35. The summed E-state index contributed by atoms with van der Waals surface area (Å²) in [7, 11) is 0. The SMILES string of the molecule is CCC1CCCCN1CC(N)CO.